The van der Waals surface area contributed by atoms with E-state index in [4.69, 9.17) is 0 Å². The first-order valence-electron chi connectivity index (χ1n) is 7.17. The fourth-order valence-electron chi connectivity index (χ4n) is 2.66. The van der Waals surface area contributed by atoms with Crippen LogP contribution in [0.5, 0.6) is 0 Å². The summed E-state index contributed by atoms with van der Waals surface area (Å²) in [5.74, 6) is 0.456. The second kappa shape index (κ2) is 5.63. The molecule has 1 aromatic carbocycles. The van der Waals surface area contributed by atoms with E-state index in [1.54, 1.807) is 18.1 Å². The van der Waals surface area contributed by atoms with Crippen LogP contribution in [0.15, 0.2) is 36.7 Å². The minimum absolute atomic E-state index is 0.0157. The molecule has 1 unspecified atom stereocenters. The number of benzene rings is 1. The van der Waals surface area contributed by atoms with Crippen molar-refractivity contribution in [2.24, 2.45) is 13.0 Å². The molecule has 2 heterocycles. The second-order valence-electron chi connectivity index (χ2n) is 5.61. The standard InChI is InChI=1S/C16H18N4O2/c1-19-7-6-17-15(19)11-4-3-5-13(8-11)18-16(22)12-9-14(21)20(2)10-12/h3-8,12H,9-10H2,1-2H3,(H,18,22). The fraction of sp³-hybridized carbons (Fsp3) is 0.312. The summed E-state index contributed by atoms with van der Waals surface area (Å²) in [5, 5.41) is 2.89. The topological polar surface area (TPSA) is 67.2 Å². The molecule has 0 radical (unpaired) electrons. The molecule has 2 amide bonds. The minimum Gasteiger partial charge on any atom is -0.345 e. The van der Waals surface area contributed by atoms with Crippen molar-refractivity contribution in [3.8, 4) is 11.4 Å². The highest BCUT2D eigenvalue weighted by Crippen LogP contribution is 2.22. The number of nitrogens with zero attached hydrogens (tertiary/aromatic N) is 3. The molecule has 6 heteroatoms. The van der Waals surface area contributed by atoms with E-state index in [-0.39, 0.29) is 24.2 Å². The normalized spacial score (nSPS) is 17.8. The summed E-state index contributed by atoms with van der Waals surface area (Å²) in [6.07, 6.45) is 3.89. The van der Waals surface area contributed by atoms with Gasteiger partial charge in [-0.15, -0.1) is 0 Å². The Bertz CT molecular complexity index is 722. The summed E-state index contributed by atoms with van der Waals surface area (Å²) < 4.78 is 1.92. The van der Waals surface area contributed by atoms with E-state index in [1.807, 2.05) is 42.1 Å². The summed E-state index contributed by atoms with van der Waals surface area (Å²) in [6.45, 7) is 0.476. The molecule has 2 aromatic rings. The molecule has 1 fully saturated rings. The first-order valence-corrected chi connectivity index (χ1v) is 7.17. The van der Waals surface area contributed by atoms with E-state index < -0.39 is 0 Å². The Hall–Kier alpha value is -2.63. The lowest BCUT2D eigenvalue weighted by molar-refractivity contribution is -0.127. The molecule has 3 rings (SSSR count). The highest BCUT2D eigenvalue weighted by molar-refractivity contribution is 5.97. The predicted octanol–water partition coefficient (Wildman–Crippen LogP) is 1.50. The van der Waals surface area contributed by atoms with E-state index >= 15 is 0 Å². The van der Waals surface area contributed by atoms with Crippen LogP contribution in [0.1, 0.15) is 6.42 Å². The first kappa shape index (κ1) is 14.3. The molecule has 0 aliphatic carbocycles. The van der Waals surface area contributed by atoms with Crippen molar-refractivity contribution in [1.82, 2.24) is 14.5 Å². The zero-order valence-corrected chi connectivity index (χ0v) is 12.6. The van der Waals surface area contributed by atoms with Gasteiger partial charge in [0.2, 0.25) is 11.8 Å². The van der Waals surface area contributed by atoms with E-state index in [0.717, 1.165) is 11.4 Å². The second-order valence-corrected chi connectivity index (χ2v) is 5.61. The highest BCUT2D eigenvalue weighted by Gasteiger charge is 2.32. The van der Waals surface area contributed by atoms with Gasteiger partial charge in [0.05, 0.1) is 5.92 Å². The predicted molar refractivity (Wildman–Crippen MR) is 83.0 cm³/mol. The minimum atomic E-state index is -0.283. The number of hydrogen-bond acceptors (Lipinski definition) is 3. The van der Waals surface area contributed by atoms with Crippen LogP contribution in [-0.4, -0.2) is 39.9 Å². The summed E-state index contributed by atoms with van der Waals surface area (Å²) >= 11 is 0. The molecule has 1 aliphatic heterocycles. The van der Waals surface area contributed by atoms with Crippen molar-refractivity contribution in [1.29, 1.82) is 0 Å². The van der Waals surface area contributed by atoms with Crippen molar-refractivity contribution in [2.45, 2.75) is 6.42 Å². The molecule has 1 aliphatic rings. The molecule has 114 valence electrons. The molecule has 0 saturated carbocycles. The number of aryl methyl sites for hydroxylation is 1. The quantitative estimate of drug-likeness (QED) is 0.934. The lowest BCUT2D eigenvalue weighted by Crippen LogP contribution is -2.25. The molecular formula is C16H18N4O2. The van der Waals surface area contributed by atoms with Gasteiger partial charge >= 0.3 is 0 Å². The van der Waals surface area contributed by atoms with Crippen molar-refractivity contribution >= 4 is 17.5 Å². The summed E-state index contributed by atoms with van der Waals surface area (Å²) in [5.41, 5.74) is 1.65. The zero-order chi connectivity index (χ0) is 15.7. The molecule has 22 heavy (non-hydrogen) atoms. The van der Waals surface area contributed by atoms with E-state index in [2.05, 4.69) is 10.3 Å². The van der Waals surface area contributed by atoms with Crippen LogP contribution in [0, 0.1) is 5.92 Å². The summed E-state index contributed by atoms with van der Waals surface area (Å²) in [7, 11) is 3.64. The highest BCUT2D eigenvalue weighted by atomic mass is 16.2. The number of aromatic nitrogens is 2. The van der Waals surface area contributed by atoms with Crippen LogP contribution in [0.4, 0.5) is 5.69 Å². The van der Waals surface area contributed by atoms with Gasteiger partial charge in [-0.3, -0.25) is 9.59 Å². The molecule has 1 N–H and O–H groups in total. The third-order valence-corrected chi connectivity index (χ3v) is 3.92. The van der Waals surface area contributed by atoms with Crippen molar-refractivity contribution in [3.05, 3.63) is 36.7 Å². The zero-order valence-electron chi connectivity index (χ0n) is 12.6. The lowest BCUT2D eigenvalue weighted by atomic mass is 10.1. The largest absolute Gasteiger partial charge is 0.345 e. The van der Waals surface area contributed by atoms with Gasteiger partial charge in [-0.25, -0.2) is 4.98 Å². The Balaban J connectivity index is 1.75. The summed E-state index contributed by atoms with van der Waals surface area (Å²) in [6, 6.07) is 7.56. The Morgan fingerprint density at radius 3 is 2.82 bits per heavy atom. The van der Waals surface area contributed by atoms with Crippen LogP contribution in [-0.2, 0) is 16.6 Å². The van der Waals surface area contributed by atoms with Crippen LogP contribution in [0.25, 0.3) is 11.4 Å². The van der Waals surface area contributed by atoms with E-state index in [0.29, 0.717) is 12.2 Å². The number of imidazole rings is 1. The molecule has 0 bridgehead atoms. The average molecular weight is 298 g/mol. The van der Waals surface area contributed by atoms with Gasteiger partial charge in [0.1, 0.15) is 5.82 Å². The molecule has 1 saturated heterocycles. The SMILES string of the molecule is CN1CC(C(=O)Nc2cccc(-c3nccn3C)c2)CC1=O. The Morgan fingerprint density at radius 2 is 2.18 bits per heavy atom. The Labute approximate surface area is 128 Å². The maximum Gasteiger partial charge on any atom is 0.229 e. The van der Waals surface area contributed by atoms with Crippen LogP contribution in [0.2, 0.25) is 0 Å². The van der Waals surface area contributed by atoms with Gasteiger partial charge in [-0.05, 0) is 12.1 Å². The number of carbonyl (C=O) groups excluding carboxylic acids is 2. The summed E-state index contributed by atoms with van der Waals surface area (Å²) in [4.78, 5) is 29.7. The first-order chi connectivity index (χ1) is 10.5. The smallest absolute Gasteiger partial charge is 0.229 e. The van der Waals surface area contributed by atoms with Crippen molar-refractivity contribution < 1.29 is 9.59 Å². The Kier molecular flexibility index (Phi) is 3.66. The number of likely N-dealkylation sites (tertiary alicyclic amines) is 1. The molecule has 1 atom stereocenters. The van der Waals surface area contributed by atoms with Gasteiger partial charge in [0, 0.05) is 50.7 Å². The van der Waals surface area contributed by atoms with Gasteiger partial charge in [-0.1, -0.05) is 12.1 Å². The number of nitrogens with one attached hydrogen (secondary N) is 1. The number of amides is 2. The average Bonchev–Trinajstić information content (AvgIpc) is 3.06. The number of hydrogen-bond donors (Lipinski definition) is 1. The van der Waals surface area contributed by atoms with Crippen LogP contribution >= 0.6 is 0 Å². The number of carbonyl (C=O) groups is 2. The van der Waals surface area contributed by atoms with Crippen molar-refractivity contribution in [3.63, 3.8) is 0 Å². The van der Waals surface area contributed by atoms with Crippen LogP contribution in [0.3, 0.4) is 0 Å². The third-order valence-electron chi connectivity index (χ3n) is 3.92. The van der Waals surface area contributed by atoms with Crippen molar-refractivity contribution in [2.75, 3.05) is 18.9 Å². The molecule has 1 aromatic heterocycles. The third kappa shape index (κ3) is 2.72. The van der Waals surface area contributed by atoms with E-state index in [1.165, 1.54) is 0 Å². The fourth-order valence-corrected chi connectivity index (χ4v) is 2.66. The van der Waals surface area contributed by atoms with Gasteiger partial charge in [-0.2, -0.15) is 0 Å². The van der Waals surface area contributed by atoms with E-state index in [9.17, 15) is 9.59 Å². The van der Waals surface area contributed by atoms with Gasteiger partial charge in [0.15, 0.2) is 0 Å². The lowest BCUT2D eigenvalue weighted by Gasteiger charge is -2.12. The molecule has 6 nitrogen and oxygen atoms in total. The number of rotatable bonds is 3. The van der Waals surface area contributed by atoms with Gasteiger partial charge < -0.3 is 14.8 Å². The molecular weight excluding hydrogens is 280 g/mol. The maximum absolute atomic E-state index is 12.3. The maximum atomic E-state index is 12.3. The monoisotopic (exact) mass is 298 g/mol. The van der Waals surface area contributed by atoms with Gasteiger partial charge in [0.25, 0.3) is 0 Å². The molecule has 0 spiro atoms. The van der Waals surface area contributed by atoms with Crippen LogP contribution < -0.4 is 5.32 Å². The number of anilines is 1. The Morgan fingerprint density at radius 1 is 1.36 bits per heavy atom.